The lowest BCUT2D eigenvalue weighted by molar-refractivity contribution is -0.147. The second-order valence-corrected chi connectivity index (χ2v) is 7.10. The third-order valence-electron chi connectivity index (χ3n) is 4.37. The molecule has 0 radical (unpaired) electrons. The molecular formula is C17H18N2O3S. The molecule has 0 aromatic carbocycles. The Morgan fingerprint density at radius 2 is 2.13 bits per heavy atom. The van der Waals surface area contributed by atoms with Crippen LogP contribution in [0.1, 0.15) is 29.4 Å². The van der Waals surface area contributed by atoms with Crippen LogP contribution in [-0.2, 0) is 4.79 Å². The number of nitrogens with zero attached hydrogens (tertiary/aromatic N) is 2. The van der Waals surface area contributed by atoms with Crippen molar-refractivity contribution in [2.45, 2.75) is 20.3 Å². The van der Waals surface area contributed by atoms with Crippen LogP contribution in [0.15, 0.2) is 29.6 Å². The number of thiophene rings is 1. The summed E-state index contributed by atoms with van der Waals surface area (Å²) in [6.07, 6.45) is 0.480. The van der Waals surface area contributed by atoms with E-state index in [0.717, 1.165) is 10.6 Å². The normalized spacial score (nSPS) is 20.7. The Bertz CT molecular complexity index is 757. The number of hydrogen-bond donors (Lipinski definition) is 1. The lowest BCUT2D eigenvalue weighted by atomic mass is 9.90. The van der Waals surface area contributed by atoms with Gasteiger partial charge in [-0.1, -0.05) is 6.07 Å². The first-order valence-corrected chi connectivity index (χ1v) is 8.33. The second-order valence-electron chi connectivity index (χ2n) is 6.15. The number of carboxylic acid groups (broad SMARTS) is 1. The molecule has 1 atom stereocenters. The molecule has 0 aliphatic carbocycles. The molecule has 5 nitrogen and oxygen atoms in total. The van der Waals surface area contributed by atoms with Crippen molar-refractivity contribution >= 4 is 23.2 Å². The van der Waals surface area contributed by atoms with Crippen molar-refractivity contribution in [3.05, 3.63) is 40.9 Å². The van der Waals surface area contributed by atoms with E-state index < -0.39 is 11.4 Å². The Balaban J connectivity index is 1.82. The van der Waals surface area contributed by atoms with E-state index in [0.29, 0.717) is 24.2 Å². The zero-order valence-corrected chi connectivity index (χ0v) is 13.9. The van der Waals surface area contributed by atoms with E-state index in [-0.39, 0.29) is 12.5 Å². The zero-order chi connectivity index (χ0) is 16.6. The number of pyridine rings is 1. The highest BCUT2D eigenvalue weighted by atomic mass is 32.1. The van der Waals surface area contributed by atoms with Crippen LogP contribution in [0.2, 0.25) is 0 Å². The third kappa shape index (κ3) is 2.86. The lowest BCUT2D eigenvalue weighted by Crippen LogP contribution is -2.35. The molecule has 1 N–H and O–H groups in total. The Kier molecular flexibility index (Phi) is 3.93. The SMILES string of the molecule is Cc1nc(-c2cccs2)ccc1C(=O)N1CCC(C)(C(=O)O)C1. The molecule has 23 heavy (non-hydrogen) atoms. The monoisotopic (exact) mass is 330 g/mol. The Hall–Kier alpha value is -2.21. The molecule has 1 fully saturated rings. The lowest BCUT2D eigenvalue weighted by Gasteiger charge is -2.20. The molecular weight excluding hydrogens is 312 g/mol. The number of carbonyl (C=O) groups excluding carboxylic acids is 1. The summed E-state index contributed by atoms with van der Waals surface area (Å²) >= 11 is 1.60. The minimum atomic E-state index is -0.853. The van der Waals surface area contributed by atoms with Gasteiger partial charge in [-0.3, -0.25) is 14.6 Å². The predicted octanol–water partition coefficient (Wildman–Crippen LogP) is 3.06. The van der Waals surface area contributed by atoms with Gasteiger partial charge in [0.15, 0.2) is 0 Å². The summed E-state index contributed by atoms with van der Waals surface area (Å²) in [6.45, 7) is 4.21. The van der Waals surface area contributed by atoms with E-state index in [1.54, 1.807) is 29.2 Å². The molecule has 1 aliphatic rings. The number of aliphatic carboxylic acids is 1. The number of likely N-dealkylation sites (tertiary alicyclic amines) is 1. The van der Waals surface area contributed by atoms with E-state index in [2.05, 4.69) is 4.98 Å². The van der Waals surface area contributed by atoms with Crippen LogP contribution >= 0.6 is 11.3 Å². The van der Waals surface area contributed by atoms with Crippen LogP contribution in [0, 0.1) is 12.3 Å². The van der Waals surface area contributed by atoms with Gasteiger partial charge in [0.1, 0.15) is 0 Å². The van der Waals surface area contributed by atoms with Gasteiger partial charge in [-0.05, 0) is 43.8 Å². The van der Waals surface area contributed by atoms with Crippen molar-refractivity contribution in [3.63, 3.8) is 0 Å². The molecule has 0 bridgehead atoms. The summed E-state index contributed by atoms with van der Waals surface area (Å²) in [5.41, 5.74) is 1.21. The largest absolute Gasteiger partial charge is 0.481 e. The molecule has 2 aromatic heterocycles. The van der Waals surface area contributed by atoms with Crippen molar-refractivity contribution < 1.29 is 14.7 Å². The van der Waals surface area contributed by atoms with Gasteiger partial charge in [0.25, 0.3) is 5.91 Å². The first-order valence-electron chi connectivity index (χ1n) is 7.45. The van der Waals surface area contributed by atoms with E-state index in [1.807, 2.05) is 30.5 Å². The number of aryl methyl sites for hydroxylation is 1. The Morgan fingerprint density at radius 3 is 2.70 bits per heavy atom. The van der Waals surface area contributed by atoms with Gasteiger partial charge in [-0.25, -0.2) is 0 Å². The number of rotatable bonds is 3. The van der Waals surface area contributed by atoms with Gasteiger partial charge < -0.3 is 10.0 Å². The minimum absolute atomic E-state index is 0.141. The van der Waals surface area contributed by atoms with Gasteiger partial charge in [0, 0.05) is 13.1 Å². The molecule has 1 aliphatic heterocycles. The van der Waals surface area contributed by atoms with E-state index in [9.17, 15) is 14.7 Å². The summed E-state index contributed by atoms with van der Waals surface area (Å²) in [5.74, 6) is -0.992. The maximum absolute atomic E-state index is 12.7. The molecule has 3 heterocycles. The predicted molar refractivity (Wildman–Crippen MR) is 88.6 cm³/mol. The van der Waals surface area contributed by atoms with Crippen LogP contribution in [0.4, 0.5) is 0 Å². The highest BCUT2D eigenvalue weighted by Crippen LogP contribution is 2.31. The van der Waals surface area contributed by atoms with E-state index in [4.69, 9.17) is 0 Å². The molecule has 6 heteroatoms. The maximum atomic E-state index is 12.7. The summed E-state index contributed by atoms with van der Waals surface area (Å²) in [5, 5.41) is 11.3. The third-order valence-corrected chi connectivity index (χ3v) is 5.26. The molecule has 1 amide bonds. The first kappa shape index (κ1) is 15.7. The average Bonchev–Trinajstić information content (AvgIpc) is 3.16. The maximum Gasteiger partial charge on any atom is 0.311 e. The average molecular weight is 330 g/mol. The van der Waals surface area contributed by atoms with Gasteiger partial charge in [0.2, 0.25) is 0 Å². The fourth-order valence-corrected chi connectivity index (χ4v) is 3.52. The minimum Gasteiger partial charge on any atom is -0.481 e. The van der Waals surface area contributed by atoms with Crippen molar-refractivity contribution in [1.29, 1.82) is 0 Å². The number of carboxylic acids is 1. The summed E-state index contributed by atoms with van der Waals surface area (Å²) in [7, 11) is 0. The molecule has 1 saturated heterocycles. The Morgan fingerprint density at radius 1 is 1.35 bits per heavy atom. The second kappa shape index (κ2) is 5.77. The van der Waals surface area contributed by atoms with Crippen molar-refractivity contribution in [2.75, 3.05) is 13.1 Å². The van der Waals surface area contributed by atoms with Gasteiger partial charge in [-0.2, -0.15) is 0 Å². The van der Waals surface area contributed by atoms with Crippen LogP contribution in [0.3, 0.4) is 0 Å². The number of amides is 1. The van der Waals surface area contributed by atoms with Crippen molar-refractivity contribution in [2.24, 2.45) is 5.41 Å². The molecule has 0 spiro atoms. The number of hydrogen-bond acceptors (Lipinski definition) is 4. The van der Waals surface area contributed by atoms with Crippen molar-refractivity contribution in [3.8, 4) is 10.6 Å². The quantitative estimate of drug-likeness (QED) is 0.939. The topological polar surface area (TPSA) is 70.5 Å². The van der Waals surface area contributed by atoms with E-state index >= 15 is 0 Å². The summed E-state index contributed by atoms with van der Waals surface area (Å²) in [4.78, 5) is 31.2. The summed E-state index contributed by atoms with van der Waals surface area (Å²) in [6, 6.07) is 7.59. The van der Waals surface area contributed by atoms with Gasteiger partial charge >= 0.3 is 5.97 Å². The van der Waals surface area contributed by atoms with Crippen LogP contribution in [0.5, 0.6) is 0 Å². The Labute approximate surface area is 138 Å². The van der Waals surface area contributed by atoms with Crippen LogP contribution in [-0.4, -0.2) is 40.0 Å². The van der Waals surface area contributed by atoms with Crippen molar-refractivity contribution in [1.82, 2.24) is 9.88 Å². The summed E-state index contributed by atoms with van der Waals surface area (Å²) < 4.78 is 0. The smallest absolute Gasteiger partial charge is 0.311 e. The molecule has 0 saturated carbocycles. The van der Waals surface area contributed by atoms with Crippen LogP contribution < -0.4 is 0 Å². The van der Waals surface area contributed by atoms with Gasteiger partial charge in [-0.15, -0.1) is 11.3 Å². The number of aromatic nitrogens is 1. The zero-order valence-electron chi connectivity index (χ0n) is 13.1. The highest BCUT2D eigenvalue weighted by Gasteiger charge is 2.42. The highest BCUT2D eigenvalue weighted by molar-refractivity contribution is 7.13. The number of carbonyl (C=O) groups is 2. The van der Waals surface area contributed by atoms with E-state index in [1.165, 1.54) is 0 Å². The molecule has 3 rings (SSSR count). The first-order chi connectivity index (χ1) is 10.9. The molecule has 2 aromatic rings. The molecule has 1 unspecified atom stereocenters. The fourth-order valence-electron chi connectivity index (χ4n) is 2.83. The van der Waals surface area contributed by atoms with Gasteiger partial charge in [0.05, 0.1) is 27.2 Å². The van der Waals surface area contributed by atoms with Crippen LogP contribution in [0.25, 0.3) is 10.6 Å². The molecule has 120 valence electrons. The fraction of sp³-hybridized carbons (Fsp3) is 0.353. The standard InChI is InChI=1S/C17H18N2O3S/c1-11-12(5-6-13(18-11)14-4-3-9-23-14)15(20)19-8-7-17(2,10-19)16(21)22/h3-6,9H,7-8,10H2,1-2H3,(H,21,22).